The molecule has 7 nitrogen and oxygen atoms in total. The van der Waals surface area contributed by atoms with E-state index in [1.807, 2.05) is 18.2 Å². The Balaban J connectivity index is 1.69. The van der Waals surface area contributed by atoms with Crippen LogP contribution in [0.1, 0.15) is 17.4 Å². The molecule has 9 heteroatoms. The van der Waals surface area contributed by atoms with Gasteiger partial charge in [-0.1, -0.05) is 24.6 Å². The third-order valence-corrected chi connectivity index (χ3v) is 5.55. The first-order chi connectivity index (χ1) is 13.2. The molecule has 0 saturated carbocycles. The topological polar surface area (TPSA) is 77.8 Å². The summed E-state index contributed by atoms with van der Waals surface area (Å²) in [6.07, 6.45) is 4.00. The zero-order valence-corrected chi connectivity index (χ0v) is 16.4. The predicted octanol–water partition coefficient (Wildman–Crippen LogP) is 4.11. The van der Waals surface area contributed by atoms with E-state index >= 15 is 0 Å². The van der Waals surface area contributed by atoms with Gasteiger partial charge in [0.05, 0.1) is 17.5 Å². The highest BCUT2D eigenvalue weighted by Gasteiger charge is 2.13. The summed E-state index contributed by atoms with van der Waals surface area (Å²) in [7, 11) is 1.60. The van der Waals surface area contributed by atoms with E-state index in [1.54, 1.807) is 29.5 Å². The van der Waals surface area contributed by atoms with Crippen molar-refractivity contribution in [3.05, 3.63) is 52.4 Å². The number of nitrogens with one attached hydrogen (secondary N) is 1. The smallest absolute Gasteiger partial charge is 0.255 e. The first-order valence-electron chi connectivity index (χ1n) is 8.39. The summed E-state index contributed by atoms with van der Waals surface area (Å²) in [5.41, 5.74) is 1.03. The lowest BCUT2D eigenvalue weighted by atomic mass is 10.2. The number of nitrogens with zero attached hydrogens (tertiary/aromatic N) is 5. The number of benzene rings is 1. The zero-order valence-electron chi connectivity index (χ0n) is 14.8. The average Bonchev–Trinajstić information content (AvgIpc) is 3.35. The Morgan fingerprint density at radius 2 is 2.15 bits per heavy atom. The number of methoxy groups -OCH3 is 1. The molecule has 0 radical (unpaired) electrons. The predicted molar refractivity (Wildman–Crippen MR) is 107 cm³/mol. The molecule has 0 aliphatic heterocycles. The highest BCUT2D eigenvalue weighted by atomic mass is 35.5. The quantitative estimate of drug-likeness (QED) is 0.524. The lowest BCUT2D eigenvalue weighted by Crippen LogP contribution is -2.07. The number of rotatable bonds is 6. The van der Waals surface area contributed by atoms with Crippen molar-refractivity contribution in [1.82, 2.24) is 24.7 Å². The number of ether oxygens (including phenoxy) is 1. The Kier molecular flexibility index (Phi) is 4.91. The number of fused-ring (bicyclic) bond motifs is 1. The van der Waals surface area contributed by atoms with Crippen LogP contribution < -0.4 is 10.1 Å². The van der Waals surface area contributed by atoms with Gasteiger partial charge in [-0.05, 0) is 30.2 Å². The van der Waals surface area contributed by atoms with Gasteiger partial charge in [-0.2, -0.15) is 19.7 Å². The number of thiophene rings is 1. The monoisotopic (exact) mass is 400 g/mol. The van der Waals surface area contributed by atoms with Crippen LogP contribution in [0, 0.1) is 0 Å². The molecule has 3 heterocycles. The van der Waals surface area contributed by atoms with Crippen LogP contribution in [0.2, 0.25) is 5.02 Å². The number of anilines is 1. The maximum Gasteiger partial charge on any atom is 0.255 e. The second-order valence-electron chi connectivity index (χ2n) is 5.82. The molecule has 27 heavy (non-hydrogen) atoms. The highest BCUT2D eigenvalue weighted by Crippen LogP contribution is 2.31. The van der Waals surface area contributed by atoms with E-state index < -0.39 is 0 Å². The second kappa shape index (κ2) is 7.50. The molecule has 138 valence electrons. The van der Waals surface area contributed by atoms with Crippen LogP contribution in [0.15, 0.2) is 36.9 Å². The Hall–Kier alpha value is -2.71. The molecule has 0 bridgehead atoms. The number of aryl methyl sites for hydroxylation is 1. The van der Waals surface area contributed by atoms with Crippen LogP contribution in [0.25, 0.3) is 16.2 Å². The molecule has 0 aliphatic carbocycles. The Morgan fingerprint density at radius 3 is 2.85 bits per heavy atom. The minimum Gasteiger partial charge on any atom is -0.495 e. The Labute approximate surface area is 165 Å². The van der Waals surface area contributed by atoms with Crippen LogP contribution >= 0.6 is 22.9 Å². The van der Waals surface area contributed by atoms with Crippen LogP contribution in [0.5, 0.6) is 5.75 Å². The van der Waals surface area contributed by atoms with Gasteiger partial charge in [-0.25, -0.2) is 4.98 Å². The van der Waals surface area contributed by atoms with Gasteiger partial charge >= 0.3 is 0 Å². The molecule has 0 fully saturated rings. The largest absolute Gasteiger partial charge is 0.495 e. The fraction of sp³-hybridized carbons (Fsp3) is 0.222. The molecule has 0 aliphatic rings. The fourth-order valence-electron chi connectivity index (χ4n) is 2.69. The number of halogens is 1. The first-order valence-corrected chi connectivity index (χ1v) is 9.59. The summed E-state index contributed by atoms with van der Waals surface area (Å²) in [4.78, 5) is 15.4. The SMILES string of the molecule is CCc1cc2c(NCc3ccc(OC)c(Cl)c3)nc(-n3cncn3)nc2s1. The lowest BCUT2D eigenvalue weighted by Gasteiger charge is -2.10. The maximum absolute atomic E-state index is 6.23. The lowest BCUT2D eigenvalue weighted by molar-refractivity contribution is 0.415. The van der Waals surface area contributed by atoms with Crippen LogP contribution in [-0.2, 0) is 13.0 Å². The van der Waals surface area contributed by atoms with E-state index in [9.17, 15) is 0 Å². The van der Waals surface area contributed by atoms with Gasteiger partial charge in [0.1, 0.15) is 29.1 Å². The Morgan fingerprint density at radius 1 is 1.26 bits per heavy atom. The van der Waals surface area contributed by atoms with Gasteiger partial charge in [0.25, 0.3) is 5.95 Å². The van der Waals surface area contributed by atoms with Crippen molar-refractivity contribution >= 4 is 39.0 Å². The van der Waals surface area contributed by atoms with Crippen molar-refractivity contribution in [2.75, 3.05) is 12.4 Å². The molecule has 3 aromatic heterocycles. The Bertz CT molecular complexity index is 1080. The number of hydrogen-bond donors (Lipinski definition) is 1. The third-order valence-electron chi connectivity index (χ3n) is 4.08. The van der Waals surface area contributed by atoms with Crippen molar-refractivity contribution < 1.29 is 4.74 Å². The fourth-order valence-corrected chi connectivity index (χ4v) is 3.93. The second-order valence-corrected chi connectivity index (χ2v) is 7.34. The van der Waals surface area contributed by atoms with Gasteiger partial charge < -0.3 is 10.1 Å². The van der Waals surface area contributed by atoms with Gasteiger partial charge in [0.15, 0.2) is 0 Å². The van der Waals surface area contributed by atoms with E-state index in [-0.39, 0.29) is 0 Å². The number of aromatic nitrogens is 5. The summed E-state index contributed by atoms with van der Waals surface area (Å²) >= 11 is 7.89. The minimum absolute atomic E-state index is 0.486. The first kappa shape index (κ1) is 17.7. The normalized spacial score (nSPS) is 11.1. The van der Waals surface area contributed by atoms with E-state index in [0.717, 1.165) is 28.0 Å². The van der Waals surface area contributed by atoms with E-state index in [2.05, 4.69) is 38.4 Å². The molecule has 0 unspecified atom stereocenters. The summed E-state index contributed by atoms with van der Waals surface area (Å²) in [5.74, 6) is 1.90. The summed E-state index contributed by atoms with van der Waals surface area (Å²) in [5, 5.41) is 9.12. The van der Waals surface area contributed by atoms with Crippen molar-refractivity contribution in [1.29, 1.82) is 0 Å². The van der Waals surface area contributed by atoms with Gasteiger partial charge in [0, 0.05) is 11.4 Å². The zero-order chi connectivity index (χ0) is 18.8. The van der Waals surface area contributed by atoms with Crippen molar-refractivity contribution in [3.63, 3.8) is 0 Å². The van der Waals surface area contributed by atoms with E-state index in [0.29, 0.717) is 23.3 Å². The minimum atomic E-state index is 0.486. The molecular formula is C18H17ClN6OS. The van der Waals surface area contributed by atoms with Gasteiger partial charge in [-0.3, -0.25) is 0 Å². The average molecular weight is 401 g/mol. The van der Waals surface area contributed by atoms with E-state index in [1.165, 1.54) is 11.2 Å². The summed E-state index contributed by atoms with van der Waals surface area (Å²) in [6.45, 7) is 2.70. The summed E-state index contributed by atoms with van der Waals surface area (Å²) in [6, 6.07) is 7.85. The molecule has 0 saturated heterocycles. The summed E-state index contributed by atoms with van der Waals surface area (Å²) < 4.78 is 6.76. The standard InChI is InChI=1S/C18H17ClN6OS/c1-3-12-7-13-16(21-8-11-4-5-15(26-2)14(19)6-11)23-18(24-17(13)27-12)25-10-20-9-22-25/h4-7,9-10H,3,8H2,1-2H3,(H,21,23,24). The van der Waals surface area contributed by atoms with Crippen molar-refractivity contribution in [2.24, 2.45) is 0 Å². The van der Waals surface area contributed by atoms with Crippen molar-refractivity contribution in [2.45, 2.75) is 19.9 Å². The molecule has 0 atom stereocenters. The molecule has 1 N–H and O–H groups in total. The highest BCUT2D eigenvalue weighted by molar-refractivity contribution is 7.18. The number of hydrogen-bond acceptors (Lipinski definition) is 7. The molecule has 4 rings (SSSR count). The third kappa shape index (κ3) is 3.58. The molecular weight excluding hydrogens is 384 g/mol. The molecule has 0 spiro atoms. The van der Waals surface area contributed by atoms with Crippen molar-refractivity contribution in [3.8, 4) is 11.7 Å². The van der Waals surface area contributed by atoms with Gasteiger partial charge in [-0.15, -0.1) is 11.3 Å². The molecule has 1 aromatic carbocycles. The van der Waals surface area contributed by atoms with Crippen LogP contribution in [0.4, 0.5) is 5.82 Å². The maximum atomic E-state index is 6.23. The van der Waals surface area contributed by atoms with Gasteiger partial charge in [0.2, 0.25) is 0 Å². The van der Waals surface area contributed by atoms with Crippen LogP contribution in [0.3, 0.4) is 0 Å². The molecule has 0 amide bonds. The van der Waals surface area contributed by atoms with E-state index in [4.69, 9.17) is 16.3 Å². The molecule has 4 aromatic rings. The van der Waals surface area contributed by atoms with Crippen LogP contribution in [-0.4, -0.2) is 31.8 Å².